The van der Waals surface area contributed by atoms with Gasteiger partial charge in [-0.2, -0.15) is 19.1 Å². The Bertz CT molecular complexity index is 1140. The van der Waals surface area contributed by atoms with Crippen molar-refractivity contribution >= 4 is 23.8 Å². The van der Waals surface area contributed by atoms with Crippen molar-refractivity contribution in [3.05, 3.63) is 75.0 Å². The van der Waals surface area contributed by atoms with Crippen molar-refractivity contribution in [3.8, 4) is 23.1 Å². The highest BCUT2D eigenvalue weighted by atomic mass is 35.5. The van der Waals surface area contributed by atoms with E-state index in [2.05, 4.69) is 25.2 Å². The van der Waals surface area contributed by atoms with Gasteiger partial charge in [0, 0.05) is 16.1 Å². The van der Waals surface area contributed by atoms with Gasteiger partial charge in [0.15, 0.2) is 0 Å². The molecule has 0 amide bonds. The van der Waals surface area contributed by atoms with E-state index in [1.807, 2.05) is 6.07 Å². The second-order valence-electron chi connectivity index (χ2n) is 5.55. The summed E-state index contributed by atoms with van der Waals surface area (Å²) in [6, 6.07) is 14.6. The zero-order chi connectivity index (χ0) is 20.8. The highest BCUT2D eigenvalue weighted by Gasteiger charge is 2.13. The number of H-pyrrole nitrogens is 1. The Kier molecular flexibility index (Phi) is 6.16. The zero-order valence-electron chi connectivity index (χ0n) is 14.6. The third-order valence-electron chi connectivity index (χ3n) is 3.64. The van der Waals surface area contributed by atoms with Gasteiger partial charge in [0.05, 0.1) is 11.9 Å². The van der Waals surface area contributed by atoms with Crippen LogP contribution in [0.1, 0.15) is 11.1 Å². The molecule has 29 heavy (non-hydrogen) atoms. The Morgan fingerprint density at radius 2 is 2.03 bits per heavy atom. The van der Waals surface area contributed by atoms with Crippen LogP contribution in [0.25, 0.3) is 11.3 Å². The topological polar surface area (TPSA) is 103 Å². The number of benzene rings is 2. The minimum atomic E-state index is -3.01. The zero-order valence-corrected chi connectivity index (χ0v) is 15.3. The minimum Gasteiger partial charge on any atom is -0.434 e. The molecule has 0 spiro atoms. The van der Waals surface area contributed by atoms with E-state index in [1.54, 1.807) is 30.3 Å². The van der Waals surface area contributed by atoms with E-state index in [1.165, 1.54) is 24.4 Å². The number of nitrogens with one attached hydrogen (secondary N) is 2. The molecule has 7 nitrogen and oxygen atoms in total. The molecule has 0 aliphatic rings. The molecule has 1 heterocycles. The Balaban J connectivity index is 1.91. The number of nitriles is 1. The summed E-state index contributed by atoms with van der Waals surface area (Å²) in [6.07, 6.45) is 1.18. The van der Waals surface area contributed by atoms with Crippen molar-refractivity contribution in [3.63, 3.8) is 0 Å². The molecule has 0 atom stereocenters. The standard InChI is InChI=1S/C19H12ClF2N5O2/c20-13-6-7-15(29-18(21)22)12(8-13)10-24-27-19-25-16(11-4-2-1-3-5-11)14(9-23)17(28)26-19/h1-8,10,18H,(H2,25,26,27,28). The smallest absolute Gasteiger partial charge is 0.387 e. The minimum absolute atomic E-state index is 0.0394. The second-order valence-corrected chi connectivity index (χ2v) is 5.98. The van der Waals surface area contributed by atoms with Crippen molar-refractivity contribution in [2.75, 3.05) is 5.43 Å². The number of halogens is 3. The van der Waals surface area contributed by atoms with Crippen LogP contribution in [0.3, 0.4) is 0 Å². The van der Waals surface area contributed by atoms with Crippen molar-refractivity contribution < 1.29 is 13.5 Å². The molecule has 0 saturated carbocycles. The molecule has 1 aromatic heterocycles. The van der Waals surface area contributed by atoms with Crippen LogP contribution < -0.4 is 15.7 Å². The molecular weight excluding hydrogens is 404 g/mol. The van der Waals surface area contributed by atoms with Gasteiger partial charge in [-0.1, -0.05) is 41.9 Å². The van der Waals surface area contributed by atoms with Crippen LogP contribution in [0.4, 0.5) is 14.7 Å². The van der Waals surface area contributed by atoms with Gasteiger partial charge in [-0.25, -0.2) is 10.4 Å². The van der Waals surface area contributed by atoms with E-state index in [0.29, 0.717) is 10.6 Å². The molecule has 146 valence electrons. The van der Waals surface area contributed by atoms with E-state index in [9.17, 15) is 18.8 Å². The normalized spacial score (nSPS) is 10.9. The van der Waals surface area contributed by atoms with Gasteiger partial charge in [0.1, 0.15) is 17.4 Å². The lowest BCUT2D eigenvalue weighted by molar-refractivity contribution is -0.0499. The average molecular weight is 416 g/mol. The number of aromatic amines is 1. The number of alkyl halides is 2. The summed E-state index contributed by atoms with van der Waals surface area (Å²) in [7, 11) is 0. The molecule has 0 saturated heterocycles. The predicted molar refractivity (Wildman–Crippen MR) is 104 cm³/mol. The summed E-state index contributed by atoms with van der Waals surface area (Å²) < 4.78 is 29.4. The Hall–Kier alpha value is -3.77. The van der Waals surface area contributed by atoms with Crippen molar-refractivity contribution in [1.29, 1.82) is 5.26 Å². The lowest BCUT2D eigenvalue weighted by Crippen LogP contribution is -2.16. The maximum Gasteiger partial charge on any atom is 0.387 e. The van der Waals surface area contributed by atoms with E-state index >= 15 is 0 Å². The molecule has 0 unspecified atom stereocenters. The number of nitrogens with zero attached hydrogens (tertiary/aromatic N) is 3. The van der Waals surface area contributed by atoms with E-state index in [0.717, 1.165) is 0 Å². The largest absolute Gasteiger partial charge is 0.434 e. The quantitative estimate of drug-likeness (QED) is 0.467. The predicted octanol–water partition coefficient (Wildman–Crippen LogP) is 4.01. The molecule has 0 fully saturated rings. The molecule has 0 bridgehead atoms. The Labute approximate surface area is 168 Å². The summed E-state index contributed by atoms with van der Waals surface area (Å²) in [5.74, 6) is -0.163. The SMILES string of the molecule is N#Cc1c(-c2ccccc2)nc(NN=Cc2cc(Cl)ccc2OC(F)F)[nH]c1=O. The van der Waals surface area contributed by atoms with Gasteiger partial charge in [0.2, 0.25) is 5.95 Å². The summed E-state index contributed by atoms with van der Waals surface area (Å²) >= 11 is 5.88. The Morgan fingerprint density at radius 1 is 1.28 bits per heavy atom. The van der Waals surface area contributed by atoms with Gasteiger partial charge >= 0.3 is 6.61 Å². The van der Waals surface area contributed by atoms with Crippen LogP contribution >= 0.6 is 11.6 Å². The number of anilines is 1. The van der Waals surface area contributed by atoms with Crippen molar-refractivity contribution in [2.24, 2.45) is 5.10 Å². The monoisotopic (exact) mass is 415 g/mol. The molecule has 2 N–H and O–H groups in total. The molecule has 2 aromatic carbocycles. The van der Waals surface area contributed by atoms with Crippen LogP contribution in [0, 0.1) is 11.3 Å². The number of rotatable bonds is 6. The maximum atomic E-state index is 12.5. The first-order valence-electron chi connectivity index (χ1n) is 8.11. The molecule has 10 heteroatoms. The third kappa shape index (κ3) is 4.94. The van der Waals surface area contributed by atoms with Gasteiger partial charge in [0.25, 0.3) is 5.56 Å². The van der Waals surface area contributed by atoms with Crippen LogP contribution in [-0.2, 0) is 0 Å². The molecule has 0 aliphatic heterocycles. The van der Waals surface area contributed by atoms with Crippen LogP contribution in [0.15, 0.2) is 58.4 Å². The molecular formula is C19H12ClF2N5O2. The van der Waals surface area contributed by atoms with Crippen LogP contribution in [0.5, 0.6) is 5.75 Å². The van der Waals surface area contributed by atoms with Crippen LogP contribution in [0.2, 0.25) is 5.02 Å². The fourth-order valence-electron chi connectivity index (χ4n) is 2.42. The maximum absolute atomic E-state index is 12.5. The summed E-state index contributed by atoms with van der Waals surface area (Å²) in [4.78, 5) is 18.8. The van der Waals surface area contributed by atoms with E-state index < -0.39 is 12.2 Å². The lowest BCUT2D eigenvalue weighted by Gasteiger charge is -2.08. The number of hydrazone groups is 1. The van der Waals surface area contributed by atoms with Gasteiger partial charge < -0.3 is 4.74 Å². The molecule has 0 aliphatic carbocycles. The molecule has 3 rings (SSSR count). The van der Waals surface area contributed by atoms with Gasteiger partial charge in [-0.05, 0) is 18.2 Å². The Morgan fingerprint density at radius 3 is 2.72 bits per heavy atom. The number of hydrogen-bond acceptors (Lipinski definition) is 6. The molecule has 3 aromatic rings. The second kappa shape index (κ2) is 8.95. The highest BCUT2D eigenvalue weighted by molar-refractivity contribution is 6.30. The number of hydrogen-bond donors (Lipinski definition) is 2. The van der Waals surface area contributed by atoms with Crippen molar-refractivity contribution in [2.45, 2.75) is 6.61 Å². The summed E-state index contributed by atoms with van der Waals surface area (Å²) in [5, 5.41) is 13.4. The first-order valence-corrected chi connectivity index (χ1v) is 8.49. The first-order chi connectivity index (χ1) is 14.0. The highest BCUT2D eigenvalue weighted by Crippen LogP contribution is 2.23. The number of ether oxygens (including phenoxy) is 1. The van der Waals surface area contributed by atoms with Gasteiger partial charge in [-0.15, -0.1) is 0 Å². The first kappa shape index (κ1) is 20.0. The summed E-state index contributed by atoms with van der Waals surface area (Å²) in [5.41, 5.74) is 2.65. The lowest BCUT2D eigenvalue weighted by atomic mass is 10.1. The van der Waals surface area contributed by atoms with Gasteiger partial charge in [-0.3, -0.25) is 9.78 Å². The van der Waals surface area contributed by atoms with Crippen LogP contribution in [-0.4, -0.2) is 22.8 Å². The fourth-order valence-corrected chi connectivity index (χ4v) is 2.60. The number of aromatic nitrogens is 2. The average Bonchev–Trinajstić information content (AvgIpc) is 2.70. The summed E-state index contributed by atoms with van der Waals surface area (Å²) in [6.45, 7) is -3.01. The van der Waals surface area contributed by atoms with Crippen molar-refractivity contribution in [1.82, 2.24) is 9.97 Å². The fraction of sp³-hybridized carbons (Fsp3) is 0.0526. The molecule has 0 radical (unpaired) electrons. The van der Waals surface area contributed by atoms with E-state index in [4.69, 9.17) is 11.6 Å². The third-order valence-corrected chi connectivity index (χ3v) is 3.88. The van der Waals surface area contributed by atoms with E-state index in [-0.39, 0.29) is 28.5 Å².